The molecule has 0 aromatic heterocycles. The summed E-state index contributed by atoms with van der Waals surface area (Å²) in [6.45, 7) is 8.12. The van der Waals surface area contributed by atoms with E-state index in [0.717, 1.165) is 38.5 Å². The summed E-state index contributed by atoms with van der Waals surface area (Å²) < 4.78 is 5.39. The largest absolute Gasteiger partial charge is 0.461 e. The highest BCUT2D eigenvalue weighted by Gasteiger charge is 2.53. The lowest BCUT2D eigenvalue weighted by Crippen LogP contribution is -2.43. The van der Waals surface area contributed by atoms with Crippen molar-refractivity contribution >= 4 is 28.6 Å². The maximum absolute atomic E-state index is 12.2. The van der Waals surface area contributed by atoms with Crippen LogP contribution >= 0.6 is 22.6 Å². The van der Waals surface area contributed by atoms with Crippen molar-refractivity contribution in [3.8, 4) is 0 Å². The summed E-state index contributed by atoms with van der Waals surface area (Å²) in [4.78, 5) is 12.2. The molecule has 0 spiro atoms. The fourth-order valence-corrected chi connectivity index (χ4v) is 4.33. The zero-order chi connectivity index (χ0) is 15.8. The number of hydrogen-bond donors (Lipinski definition) is 1. The van der Waals surface area contributed by atoms with E-state index in [9.17, 15) is 9.90 Å². The summed E-state index contributed by atoms with van der Waals surface area (Å²) in [5.74, 6) is 1.31. The molecule has 2 fully saturated rings. The Balaban J connectivity index is 1.96. The van der Waals surface area contributed by atoms with E-state index in [1.807, 2.05) is 13.8 Å². The number of rotatable bonds is 6. The molecule has 4 heteroatoms. The number of carbonyl (C=O) groups excluding carboxylic acids is 1. The Kier molecular flexibility index (Phi) is 5.29. The lowest BCUT2D eigenvalue weighted by molar-refractivity contribution is -0.155. The molecule has 2 rings (SSSR count). The van der Waals surface area contributed by atoms with Crippen LogP contribution in [0.1, 0.15) is 66.2 Å². The van der Waals surface area contributed by atoms with Crippen LogP contribution in [0.4, 0.5) is 0 Å². The zero-order valence-electron chi connectivity index (χ0n) is 13.7. The van der Waals surface area contributed by atoms with Crippen LogP contribution < -0.4 is 0 Å². The molecule has 0 saturated heterocycles. The Hall–Kier alpha value is 0.160. The van der Waals surface area contributed by atoms with Gasteiger partial charge >= 0.3 is 5.97 Å². The summed E-state index contributed by atoms with van der Waals surface area (Å²) in [5.41, 5.74) is -0.518. The highest BCUT2D eigenvalue weighted by Crippen LogP contribution is 2.54. The van der Waals surface area contributed by atoms with E-state index < -0.39 is 9.02 Å². The molecule has 21 heavy (non-hydrogen) atoms. The molecule has 2 bridgehead atoms. The van der Waals surface area contributed by atoms with Gasteiger partial charge in [-0.1, -0.05) is 43.4 Å². The molecule has 3 nitrogen and oxygen atoms in total. The summed E-state index contributed by atoms with van der Waals surface area (Å²) in [6, 6.07) is 0. The molecule has 0 aromatic rings. The summed E-state index contributed by atoms with van der Waals surface area (Å²) in [5, 5.41) is 10.8. The second-order valence-corrected chi connectivity index (χ2v) is 9.52. The van der Waals surface area contributed by atoms with Crippen LogP contribution in [0.5, 0.6) is 0 Å². The number of carbonyl (C=O) groups is 1. The Labute approximate surface area is 142 Å². The lowest BCUT2D eigenvalue weighted by atomic mass is 9.73. The van der Waals surface area contributed by atoms with Gasteiger partial charge in [-0.2, -0.15) is 0 Å². The van der Waals surface area contributed by atoms with Crippen LogP contribution in [0.2, 0.25) is 0 Å². The minimum Gasteiger partial charge on any atom is -0.461 e. The SMILES string of the molecule is CCC(C)(I)C(=O)OC1CC2CC1CC2C(O)(CC)CC. The third-order valence-corrected chi connectivity index (χ3v) is 7.26. The molecule has 122 valence electrons. The highest BCUT2D eigenvalue weighted by molar-refractivity contribution is 14.1. The quantitative estimate of drug-likeness (QED) is 0.409. The first-order valence-corrected chi connectivity index (χ1v) is 9.47. The van der Waals surface area contributed by atoms with E-state index in [1.54, 1.807) is 0 Å². The molecule has 2 aliphatic carbocycles. The molecule has 1 N–H and O–H groups in total. The number of halogens is 1. The van der Waals surface area contributed by atoms with Crippen LogP contribution in [0.3, 0.4) is 0 Å². The van der Waals surface area contributed by atoms with Crippen molar-refractivity contribution in [2.75, 3.05) is 0 Å². The predicted molar refractivity (Wildman–Crippen MR) is 92.4 cm³/mol. The first-order chi connectivity index (χ1) is 9.77. The average molecular weight is 408 g/mol. The molecule has 0 radical (unpaired) electrons. The molecule has 0 heterocycles. The molecule has 0 aliphatic heterocycles. The van der Waals surface area contributed by atoms with Crippen LogP contribution in [-0.2, 0) is 9.53 Å². The number of hydrogen-bond acceptors (Lipinski definition) is 3. The van der Waals surface area contributed by atoms with Crippen molar-refractivity contribution in [3.05, 3.63) is 0 Å². The third-order valence-electron chi connectivity index (χ3n) is 6.05. The van der Waals surface area contributed by atoms with Crippen molar-refractivity contribution < 1.29 is 14.6 Å². The number of fused-ring (bicyclic) bond motifs is 2. The van der Waals surface area contributed by atoms with E-state index in [4.69, 9.17) is 4.74 Å². The van der Waals surface area contributed by atoms with Crippen molar-refractivity contribution in [1.82, 2.24) is 0 Å². The number of alkyl halides is 1. The minimum atomic E-state index is -0.518. The maximum Gasteiger partial charge on any atom is 0.322 e. The molecule has 0 amide bonds. The van der Waals surface area contributed by atoms with E-state index in [1.165, 1.54) is 0 Å². The first-order valence-electron chi connectivity index (χ1n) is 8.39. The van der Waals surface area contributed by atoms with Gasteiger partial charge < -0.3 is 9.84 Å². The number of aliphatic hydroxyl groups is 1. The summed E-state index contributed by atoms with van der Waals surface area (Å²) in [6.07, 6.45) is 5.60. The van der Waals surface area contributed by atoms with Gasteiger partial charge in [-0.3, -0.25) is 4.79 Å². The zero-order valence-corrected chi connectivity index (χ0v) is 15.9. The van der Waals surface area contributed by atoms with E-state index in [0.29, 0.717) is 17.8 Å². The smallest absolute Gasteiger partial charge is 0.322 e. The van der Waals surface area contributed by atoms with Gasteiger partial charge in [0.05, 0.1) is 5.60 Å². The van der Waals surface area contributed by atoms with Gasteiger partial charge in [0.25, 0.3) is 0 Å². The normalized spacial score (nSPS) is 34.8. The summed E-state index contributed by atoms with van der Waals surface area (Å²) in [7, 11) is 0. The molecule has 0 aromatic carbocycles. The lowest BCUT2D eigenvalue weighted by Gasteiger charge is -2.39. The standard InChI is InChI=1S/C17H29IO3/c1-5-16(4,18)15(19)21-14-10-11-8-12(14)9-13(11)17(20,6-2)7-3/h11-14,20H,5-10H2,1-4H3. The molecule has 2 saturated carbocycles. The molecular weight excluding hydrogens is 379 g/mol. The Morgan fingerprint density at radius 2 is 1.76 bits per heavy atom. The van der Waals surface area contributed by atoms with E-state index in [2.05, 4.69) is 36.4 Å². The van der Waals surface area contributed by atoms with Crippen molar-refractivity contribution in [3.63, 3.8) is 0 Å². The van der Waals surface area contributed by atoms with Gasteiger partial charge in [0.15, 0.2) is 0 Å². The average Bonchev–Trinajstić information content (AvgIpc) is 3.06. The first kappa shape index (κ1) is 17.5. The van der Waals surface area contributed by atoms with Crippen LogP contribution in [0, 0.1) is 17.8 Å². The number of ether oxygens (including phenoxy) is 1. The molecule has 5 unspecified atom stereocenters. The molecule has 5 atom stereocenters. The Morgan fingerprint density at radius 1 is 1.14 bits per heavy atom. The van der Waals surface area contributed by atoms with Crippen LogP contribution in [0.25, 0.3) is 0 Å². The number of esters is 1. The topological polar surface area (TPSA) is 46.5 Å². The monoisotopic (exact) mass is 408 g/mol. The fourth-order valence-electron chi connectivity index (χ4n) is 4.20. The van der Waals surface area contributed by atoms with Gasteiger partial charge in [-0.25, -0.2) is 0 Å². The summed E-state index contributed by atoms with van der Waals surface area (Å²) >= 11 is 2.20. The van der Waals surface area contributed by atoms with Gasteiger partial charge in [-0.15, -0.1) is 0 Å². The van der Waals surface area contributed by atoms with Crippen molar-refractivity contribution in [2.24, 2.45) is 17.8 Å². The van der Waals surface area contributed by atoms with Gasteiger partial charge in [0, 0.05) is 0 Å². The second kappa shape index (κ2) is 6.34. The van der Waals surface area contributed by atoms with Crippen LogP contribution in [0.15, 0.2) is 0 Å². The second-order valence-electron chi connectivity index (χ2n) is 7.14. The predicted octanol–water partition coefficient (Wildman–Crippen LogP) is 4.10. The van der Waals surface area contributed by atoms with Gasteiger partial charge in [0.2, 0.25) is 0 Å². The highest BCUT2D eigenvalue weighted by atomic mass is 127. The maximum atomic E-state index is 12.2. The van der Waals surface area contributed by atoms with Crippen molar-refractivity contribution in [1.29, 1.82) is 0 Å². The Morgan fingerprint density at radius 3 is 2.19 bits per heavy atom. The minimum absolute atomic E-state index is 0.0686. The van der Waals surface area contributed by atoms with Gasteiger partial charge in [-0.05, 0) is 63.2 Å². The fraction of sp³-hybridized carbons (Fsp3) is 0.941. The molecular formula is C17H29IO3. The third kappa shape index (κ3) is 3.26. The van der Waals surface area contributed by atoms with Crippen LogP contribution in [-0.4, -0.2) is 26.2 Å². The van der Waals surface area contributed by atoms with Crippen molar-refractivity contribution in [2.45, 2.75) is 81.3 Å². The molecule has 2 aliphatic rings. The Bertz CT molecular complexity index is 389. The van der Waals surface area contributed by atoms with E-state index in [-0.39, 0.29) is 12.1 Å². The van der Waals surface area contributed by atoms with E-state index >= 15 is 0 Å². The van der Waals surface area contributed by atoms with Gasteiger partial charge in [0.1, 0.15) is 9.53 Å².